The average Bonchev–Trinajstić information content (AvgIpc) is 3.69. The van der Waals surface area contributed by atoms with Crippen LogP contribution in [0.4, 0.5) is 5.69 Å². The topological polar surface area (TPSA) is 95.6 Å². The van der Waals surface area contributed by atoms with Gasteiger partial charge >= 0.3 is 0 Å². The van der Waals surface area contributed by atoms with Crippen LogP contribution in [0.2, 0.25) is 0 Å². The van der Waals surface area contributed by atoms with Gasteiger partial charge in [0.1, 0.15) is 0 Å². The lowest BCUT2D eigenvalue weighted by Crippen LogP contribution is -2.41. The Bertz CT molecular complexity index is 1390. The van der Waals surface area contributed by atoms with Crippen molar-refractivity contribution in [2.45, 2.75) is 43.5 Å². The highest BCUT2D eigenvalue weighted by molar-refractivity contribution is 7.89. The Morgan fingerprint density at radius 1 is 0.886 bits per heavy atom. The first-order valence-electron chi connectivity index (χ1n) is 12.0. The summed E-state index contributed by atoms with van der Waals surface area (Å²) in [6.07, 6.45) is 2.91. The molecule has 1 aliphatic heterocycles. The van der Waals surface area contributed by atoms with E-state index in [1.807, 2.05) is 43.3 Å². The zero-order valence-electron chi connectivity index (χ0n) is 19.7. The lowest BCUT2D eigenvalue weighted by molar-refractivity contribution is -0.120. The molecule has 7 nitrogen and oxygen atoms in total. The van der Waals surface area contributed by atoms with Gasteiger partial charge in [-0.3, -0.25) is 9.59 Å². The molecule has 182 valence electrons. The second kappa shape index (κ2) is 9.43. The molecule has 0 unspecified atom stereocenters. The van der Waals surface area contributed by atoms with Crippen molar-refractivity contribution in [3.63, 3.8) is 0 Å². The molecular weight excluding hydrogens is 462 g/mol. The van der Waals surface area contributed by atoms with E-state index < -0.39 is 10.0 Å². The maximum absolute atomic E-state index is 13.2. The number of aryl methyl sites for hydroxylation is 1. The van der Waals surface area contributed by atoms with Crippen LogP contribution in [0.3, 0.4) is 0 Å². The van der Waals surface area contributed by atoms with E-state index in [0.717, 1.165) is 29.2 Å². The molecule has 1 heterocycles. The summed E-state index contributed by atoms with van der Waals surface area (Å²) in [4.78, 5) is 25.6. The van der Waals surface area contributed by atoms with E-state index in [9.17, 15) is 18.0 Å². The van der Waals surface area contributed by atoms with Gasteiger partial charge in [-0.2, -0.15) is 4.31 Å². The number of rotatable bonds is 6. The number of benzene rings is 3. The number of nitrogens with one attached hydrogen (secondary N) is 2. The molecule has 0 radical (unpaired) electrons. The Balaban J connectivity index is 1.23. The van der Waals surface area contributed by atoms with Crippen LogP contribution in [0.15, 0.2) is 65.6 Å². The second-order valence-corrected chi connectivity index (χ2v) is 11.4. The van der Waals surface area contributed by atoms with Gasteiger partial charge in [-0.05, 0) is 73.2 Å². The number of sulfonamides is 1. The minimum atomic E-state index is -3.63. The standard InChI is InChI=1S/C27H29N3O4S/c1-18-6-7-22(27(32)28-23-9-10-23)17-25(18)29-26(31)20-12-14-30(15-13-20)35(33,34)24-11-8-19-4-2-3-5-21(19)16-24/h2-8,11,16-17,20,23H,9-10,12-15H2,1H3,(H,28,32)(H,29,31). The number of anilines is 1. The van der Waals surface area contributed by atoms with E-state index in [2.05, 4.69) is 10.6 Å². The molecule has 2 fully saturated rings. The predicted molar refractivity (Wildman–Crippen MR) is 136 cm³/mol. The fraction of sp³-hybridized carbons (Fsp3) is 0.333. The number of hydrogen-bond acceptors (Lipinski definition) is 4. The first-order valence-corrected chi connectivity index (χ1v) is 13.5. The largest absolute Gasteiger partial charge is 0.349 e. The molecule has 1 saturated carbocycles. The first kappa shape index (κ1) is 23.5. The van der Waals surface area contributed by atoms with Crippen molar-refractivity contribution in [3.8, 4) is 0 Å². The Kier molecular flexibility index (Phi) is 6.34. The molecule has 1 aliphatic carbocycles. The Hall–Kier alpha value is -3.23. The van der Waals surface area contributed by atoms with Gasteiger partial charge in [-0.15, -0.1) is 0 Å². The summed E-state index contributed by atoms with van der Waals surface area (Å²) in [6, 6.07) is 18.4. The van der Waals surface area contributed by atoms with Gasteiger partial charge < -0.3 is 10.6 Å². The fourth-order valence-electron chi connectivity index (χ4n) is 4.46. The zero-order chi connectivity index (χ0) is 24.6. The van der Waals surface area contributed by atoms with Gasteiger partial charge in [0.05, 0.1) is 4.90 Å². The molecule has 0 aromatic heterocycles. The van der Waals surface area contributed by atoms with Crippen LogP contribution in [0.1, 0.15) is 41.6 Å². The molecule has 2 N–H and O–H groups in total. The van der Waals surface area contributed by atoms with Gasteiger partial charge in [-0.25, -0.2) is 8.42 Å². The van der Waals surface area contributed by atoms with Gasteiger partial charge in [0.25, 0.3) is 5.91 Å². The van der Waals surface area contributed by atoms with E-state index in [1.54, 1.807) is 24.3 Å². The van der Waals surface area contributed by atoms with E-state index in [-0.39, 0.29) is 41.8 Å². The average molecular weight is 492 g/mol. The van der Waals surface area contributed by atoms with E-state index in [4.69, 9.17) is 0 Å². The third-order valence-electron chi connectivity index (χ3n) is 6.85. The van der Waals surface area contributed by atoms with E-state index >= 15 is 0 Å². The molecule has 3 aromatic rings. The molecule has 3 aromatic carbocycles. The lowest BCUT2D eigenvalue weighted by Gasteiger charge is -2.30. The number of nitrogens with zero attached hydrogens (tertiary/aromatic N) is 1. The number of carbonyl (C=O) groups excluding carboxylic acids is 2. The smallest absolute Gasteiger partial charge is 0.251 e. The minimum Gasteiger partial charge on any atom is -0.349 e. The second-order valence-electron chi connectivity index (χ2n) is 9.45. The molecule has 2 aliphatic rings. The van der Waals surface area contributed by atoms with E-state index in [1.165, 1.54) is 4.31 Å². The summed E-state index contributed by atoms with van der Waals surface area (Å²) in [6.45, 7) is 2.46. The SMILES string of the molecule is Cc1ccc(C(=O)NC2CC2)cc1NC(=O)C1CCN(S(=O)(=O)c2ccc3ccccc3c2)CC1. The van der Waals surface area contributed by atoms with Crippen LogP contribution in [0.5, 0.6) is 0 Å². The predicted octanol–water partition coefficient (Wildman–Crippen LogP) is 4.08. The van der Waals surface area contributed by atoms with Crippen LogP contribution in [-0.4, -0.2) is 43.7 Å². The zero-order valence-corrected chi connectivity index (χ0v) is 20.5. The molecule has 1 saturated heterocycles. The normalized spacial score (nSPS) is 17.3. The summed E-state index contributed by atoms with van der Waals surface area (Å²) in [7, 11) is -3.63. The van der Waals surface area contributed by atoms with Crippen molar-refractivity contribution in [1.29, 1.82) is 0 Å². The molecule has 0 bridgehead atoms. The highest BCUT2D eigenvalue weighted by atomic mass is 32.2. The van der Waals surface area contributed by atoms with Crippen LogP contribution >= 0.6 is 0 Å². The molecule has 0 atom stereocenters. The highest BCUT2D eigenvalue weighted by Gasteiger charge is 2.32. The number of hydrogen-bond donors (Lipinski definition) is 2. The van der Waals surface area contributed by atoms with Gasteiger partial charge in [0.2, 0.25) is 15.9 Å². The number of piperidine rings is 1. The maximum atomic E-state index is 13.2. The summed E-state index contributed by atoms with van der Waals surface area (Å²) < 4.78 is 27.9. The van der Waals surface area contributed by atoms with Gasteiger partial charge in [0.15, 0.2) is 0 Å². The maximum Gasteiger partial charge on any atom is 0.251 e. The molecule has 35 heavy (non-hydrogen) atoms. The van der Waals surface area contributed by atoms with Crippen molar-refractivity contribution < 1.29 is 18.0 Å². The monoisotopic (exact) mass is 491 g/mol. The summed E-state index contributed by atoms with van der Waals surface area (Å²) >= 11 is 0. The van der Waals surface area contributed by atoms with Crippen molar-refractivity contribution in [2.24, 2.45) is 5.92 Å². The number of fused-ring (bicyclic) bond motifs is 1. The van der Waals surface area contributed by atoms with E-state index in [0.29, 0.717) is 24.1 Å². The molecule has 8 heteroatoms. The minimum absolute atomic E-state index is 0.129. The van der Waals surface area contributed by atoms with Crippen molar-refractivity contribution in [3.05, 3.63) is 71.8 Å². The first-order chi connectivity index (χ1) is 16.8. The molecular formula is C27H29N3O4S. The van der Waals surface area contributed by atoms with Crippen LogP contribution in [0.25, 0.3) is 10.8 Å². The summed E-state index contributed by atoms with van der Waals surface area (Å²) in [5, 5.41) is 7.80. The molecule has 0 spiro atoms. The van der Waals surface area contributed by atoms with Crippen LogP contribution in [0, 0.1) is 12.8 Å². The third-order valence-corrected chi connectivity index (χ3v) is 8.75. The number of amides is 2. The van der Waals surface area contributed by atoms with Crippen LogP contribution < -0.4 is 10.6 Å². The highest BCUT2D eigenvalue weighted by Crippen LogP contribution is 2.28. The Morgan fingerprint density at radius 2 is 1.60 bits per heavy atom. The summed E-state index contributed by atoms with van der Waals surface area (Å²) in [5.41, 5.74) is 2.01. The molecule has 2 amide bonds. The quantitative estimate of drug-likeness (QED) is 0.543. The van der Waals surface area contributed by atoms with Crippen molar-refractivity contribution >= 4 is 38.3 Å². The van der Waals surface area contributed by atoms with Crippen LogP contribution in [-0.2, 0) is 14.8 Å². The molecule has 5 rings (SSSR count). The third kappa shape index (κ3) is 5.09. The summed E-state index contributed by atoms with van der Waals surface area (Å²) in [5.74, 6) is -0.563. The Morgan fingerprint density at radius 3 is 2.31 bits per heavy atom. The lowest BCUT2D eigenvalue weighted by atomic mass is 9.97. The van der Waals surface area contributed by atoms with Gasteiger partial charge in [-0.1, -0.05) is 36.4 Å². The number of carbonyl (C=O) groups is 2. The fourth-order valence-corrected chi connectivity index (χ4v) is 5.97. The van der Waals surface area contributed by atoms with Crippen molar-refractivity contribution in [2.75, 3.05) is 18.4 Å². The van der Waals surface area contributed by atoms with Gasteiger partial charge in [0, 0.05) is 36.3 Å². The van der Waals surface area contributed by atoms with Crippen molar-refractivity contribution in [1.82, 2.24) is 9.62 Å². The Labute approximate surface area is 205 Å².